The van der Waals surface area contributed by atoms with E-state index in [0.717, 1.165) is 41.5 Å². The molecule has 1 aromatic rings. The Balaban J connectivity index is 2.39. The third-order valence-electron chi connectivity index (χ3n) is 4.51. The molecule has 1 fully saturated rings. The number of aromatic nitrogens is 2. The smallest absolute Gasteiger partial charge is 0.160 e. The Bertz CT molecular complexity index is 428. The van der Waals surface area contributed by atoms with Crippen LogP contribution in [-0.2, 0) is 16.9 Å². The third-order valence-corrected chi connectivity index (χ3v) is 4.51. The van der Waals surface area contributed by atoms with E-state index in [9.17, 15) is 0 Å². The van der Waals surface area contributed by atoms with Gasteiger partial charge in [-0.05, 0) is 45.4 Å². The van der Waals surface area contributed by atoms with Gasteiger partial charge in [0.1, 0.15) is 5.60 Å². The summed E-state index contributed by atoms with van der Waals surface area (Å²) < 4.78 is 5.84. The van der Waals surface area contributed by atoms with Crippen LogP contribution in [0.3, 0.4) is 0 Å². The van der Waals surface area contributed by atoms with E-state index in [-0.39, 0.29) is 5.60 Å². The molecule has 0 radical (unpaired) electrons. The fraction of sp³-hybridized carbons (Fsp3) is 0.733. The van der Waals surface area contributed by atoms with Crippen molar-refractivity contribution < 1.29 is 4.74 Å². The maximum absolute atomic E-state index is 5.84. The minimum absolute atomic E-state index is 0.296. The van der Waals surface area contributed by atoms with Gasteiger partial charge in [-0.1, -0.05) is 6.92 Å². The number of hydrogen-bond acceptors (Lipinski definition) is 4. The highest BCUT2D eigenvalue weighted by molar-refractivity contribution is 5.25. The summed E-state index contributed by atoms with van der Waals surface area (Å²) in [5.74, 6) is 1.61. The van der Waals surface area contributed by atoms with Crippen molar-refractivity contribution in [3.05, 3.63) is 22.8 Å². The molecule has 2 N–H and O–H groups in total. The lowest BCUT2D eigenvalue weighted by Gasteiger charge is -2.37. The lowest BCUT2D eigenvalue weighted by molar-refractivity contribution is -0.0599. The van der Waals surface area contributed by atoms with Gasteiger partial charge in [0.05, 0.1) is 0 Å². The lowest BCUT2D eigenvalue weighted by Crippen LogP contribution is -2.35. The molecule has 0 bridgehead atoms. The van der Waals surface area contributed by atoms with Gasteiger partial charge in [0, 0.05) is 30.6 Å². The van der Waals surface area contributed by atoms with Crippen LogP contribution in [0.4, 0.5) is 0 Å². The van der Waals surface area contributed by atoms with Gasteiger partial charge in [0.25, 0.3) is 0 Å². The summed E-state index contributed by atoms with van der Waals surface area (Å²) in [5.41, 5.74) is 8.48. The van der Waals surface area contributed by atoms with Crippen LogP contribution in [0, 0.1) is 19.8 Å². The molecule has 0 atom stereocenters. The van der Waals surface area contributed by atoms with Crippen molar-refractivity contribution in [3.8, 4) is 0 Å². The Labute approximate surface area is 115 Å². The van der Waals surface area contributed by atoms with E-state index in [1.54, 1.807) is 7.11 Å². The summed E-state index contributed by atoms with van der Waals surface area (Å²) in [6.07, 6.45) is 4.36. The van der Waals surface area contributed by atoms with Crippen molar-refractivity contribution in [1.29, 1.82) is 0 Å². The van der Waals surface area contributed by atoms with Gasteiger partial charge in [0.2, 0.25) is 0 Å². The predicted molar refractivity (Wildman–Crippen MR) is 75.7 cm³/mol. The minimum Gasteiger partial charge on any atom is -0.370 e. The van der Waals surface area contributed by atoms with Gasteiger partial charge in [-0.15, -0.1) is 0 Å². The molecule has 4 heteroatoms. The fourth-order valence-electron chi connectivity index (χ4n) is 2.99. The summed E-state index contributed by atoms with van der Waals surface area (Å²) >= 11 is 0. The number of nitrogens with zero attached hydrogens (tertiary/aromatic N) is 2. The van der Waals surface area contributed by atoms with Crippen molar-refractivity contribution in [3.63, 3.8) is 0 Å². The lowest BCUT2D eigenvalue weighted by atomic mass is 9.78. The van der Waals surface area contributed by atoms with Crippen LogP contribution in [0.2, 0.25) is 0 Å². The van der Waals surface area contributed by atoms with Crippen molar-refractivity contribution >= 4 is 0 Å². The Kier molecular flexibility index (Phi) is 4.21. The third kappa shape index (κ3) is 2.65. The molecular weight excluding hydrogens is 238 g/mol. The standard InChI is InChI=1S/C15H25N3O/c1-10-5-7-15(19-4,8-6-10)14-17-11(2)13(9-16)12(3)18-14/h10H,5-9,16H2,1-4H3. The number of methoxy groups -OCH3 is 1. The molecule has 1 aliphatic rings. The maximum Gasteiger partial charge on any atom is 0.160 e. The van der Waals surface area contributed by atoms with Gasteiger partial charge in [-0.25, -0.2) is 9.97 Å². The summed E-state index contributed by atoms with van der Waals surface area (Å²) in [7, 11) is 1.78. The molecule has 1 aromatic heterocycles. The van der Waals surface area contributed by atoms with Gasteiger partial charge in [-0.2, -0.15) is 0 Å². The normalized spacial score (nSPS) is 27.5. The molecule has 0 amide bonds. The Morgan fingerprint density at radius 1 is 1.21 bits per heavy atom. The van der Waals surface area contributed by atoms with E-state index in [1.165, 1.54) is 12.8 Å². The molecule has 0 aromatic carbocycles. The second kappa shape index (κ2) is 5.55. The number of nitrogens with two attached hydrogens (primary N) is 1. The van der Waals surface area contributed by atoms with Crippen LogP contribution in [-0.4, -0.2) is 17.1 Å². The second-order valence-corrected chi connectivity index (χ2v) is 5.78. The predicted octanol–water partition coefficient (Wildman–Crippen LogP) is 2.60. The van der Waals surface area contributed by atoms with Gasteiger partial charge >= 0.3 is 0 Å². The molecule has 4 nitrogen and oxygen atoms in total. The second-order valence-electron chi connectivity index (χ2n) is 5.78. The number of rotatable bonds is 3. The average molecular weight is 263 g/mol. The number of hydrogen-bond donors (Lipinski definition) is 1. The van der Waals surface area contributed by atoms with Crippen LogP contribution in [0.5, 0.6) is 0 Å². The molecule has 1 heterocycles. The van der Waals surface area contributed by atoms with Gasteiger partial charge in [-0.3, -0.25) is 0 Å². The largest absolute Gasteiger partial charge is 0.370 e. The van der Waals surface area contributed by atoms with Crippen LogP contribution in [0.1, 0.15) is 55.4 Å². The molecule has 1 aliphatic carbocycles. The average Bonchev–Trinajstić information content (AvgIpc) is 2.39. The molecule has 0 spiro atoms. The summed E-state index contributed by atoms with van der Waals surface area (Å²) in [6.45, 7) is 6.81. The first-order valence-corrected chi connectivity index (χ1v) is 7.12. The summed E-state index contributed by atoms with van der Waals surface area (Å²) in [6, 6.07) is 0. The monoisotopic (exact) mass is 263 g/mol. The van der Waals surface area contributed by atoms with E-state index in [4.69, 9.17) is 10.5 Å². The Hall–Kier alpha value is -1.00. The van der Waals surface area contributed by atoms with Crippen molar-refractivity contribution in [1.82, 2.24) is 9.97 Å². The fourth-order valence-corrected chi connectivity index (χ4v) is 2.99. The van der Waals surface area contributed by atoms with E-state index in [1.807, 2.05) is 13.8 Å². The van der Waals surface area contributed by atoms with Gasteiger partial charge in [0.15, 0.2) is 5.82 Å². The van der Waals surface area contributed by atoms with E-state index in [2.05, 4.69) is 16.9 Å². The molecular formula is C15H25N3O. The maximum atomic E-state index is 5.84. The topological polar surface area (TPSA) is 61.0 Å². The van der Waals surface area contributed by atoms with E-state index < -0.39 is 0 Å². The molecule has 1 saturated carbocycles. The zero-order valence-corrected chi connectivity index (χ0v) is 12.5. The Morgan fingerprint density at radius 2 is 1.74 bits per heavy atom. The summed E-state index contributed by atoms with van der Waals surface area (Å²) in [4.78, 5) is 9.36. The molecule has 2 rings (SSSR count). The first-order chi connectivity index (χ1) is 9.02. The van der Waals surface area contributed by atoms with Crippen molar-refractivity contribution in [2.75, 3.05) is 7.11 Å². The van der Waals surface area contributed by atoms with Crippen LogP contribution in [0.15, 0.2) is 0 Å². The zero-order valence-electron chi connectivity index (χ0n) is 12.5. The minimum atomic E-state index is -0.296. The van der Waals surface area contributed by atoms with Crippen molar-refractivity contribution in [2.24, 2.45) is 11.7 Å². The van der Waals surface area contributed by atoms with E-state index in [0.29, 0.717) is 6.54 Å². The van der Waals surface area contributed by atoms with Gasteiger partial charge < -0.3 is 10.5 Å². The molecule has 106 valence electrons. The van der Waals surface area contributed by atoms with Crippen LogP contribution < -0.4 is 5.73 Å². The first-order valence-electron chi connectivity index (χ1n) is 7.12. The number of aryl methyl sites for hydroxylation is 2. The highest BCUT2D eigenvalue weighted by Crippen LogP contribution is 2.40. The molecule has 0 saturated heterocycles. The van der Waals surface area contributed by atoms with Crippen molar-refractivity contribution in [2.45, 2.75) is 58.6 Å². The molecule has 0 aliphatic heterocycles. The van der Waals surface area contributed by atoms with Crippen LogP contribution >= 0.6 is 0 Å². The SMILES string of the molecule is COC1(c2nc(C)c(CN)c(C)n2)CCC(C)CC1. The quantitative estimate of drug-likeness (QED) is 0.910. The first kappa shape index (κ1) is 14.4. The molecule has 0 unspecified atom stereocenters. The Morgan fingerprint density at radius 3 is 2.16 bits per heavy atom. The highest BCUT2D eigenvalue weighted by Gasteiger charge is 2.39. The van der Waals surface area contributed by atoms with Crippen LogP contribution in [0.25, 0.3) is 0 Å². The highest BCUT2D eigenvalue weighted by atomic mass is 16.5. The molecule has 19 heavy (non-hydrogen) atoms. The zero-order chi connectivity index (χ0) is 14.0. The number of ether oxygens (including phenoxy) is 1. The van der Waals surface area contributed by atoms with E-state index >= 15 is 0 Å². The summed E-state index contributed by atoms with van der Waals surface area (Å²) in [5, 5.41) is 0.